The average Bonchev–Trinajstić information content (AvgIpc) is 0.710. The van der Waals surface area contributed by atoms with E-state index in [2.05, 4.69) is 490 Å². The normalized spacial score (nSPS) is 13.8. The first-order valence-electron chi connectivity index (χ1n) is 46.0. The Morgan fingerprint density at radius 2 is 0.433 bits per heavy atom. The summed E-state index contributed by atoms with van der Waals surface area (Å²) in [5.74, 6) is 7.82. The SMILES string of the molecule is Cc1cc(C)c(-c2nc(-c3cccc4c3Oc3ccccc3C4(c3ccccc3)c3ccccc3)cc(-c3cccc4c3Oc3ccccc3C4(c3ccccc3)c3ccccc3)n2)c(C)c1.Cc1cc(C)c(-c2nc(-c3cccc4c3Oc3ccccc3[Si]4(c3ccccc3)c3ccccc3)cc(-c3cccc4c3Oc3ccccc3[Si]4(c3ccccc3)c3ccccc3)n2)c(C)c1. The lowest BCUT2D eigenvalue weighted by Crippen LogP contribution is -2.76. The van der Waals surface area contributed by atoms with E-state index >= 15 is 0 Å². The predicted octanol–water partition coefficient (Wildman–Crippen LogP) is 24.7. The van der Waals surface area contributed by atoms with Gasteiger partial charge in [0, 0.05) is 55.6 Å². The van der Waals surface area contributed by atoms with Gasteiger partial charge in [0.25, 0.3) is 0 Å². The van der Waals surface area contributed by atoms with E-state index < -0.39 is 27.0 Å². The van der Waals surface area contributed by atoms with E-state index in [-0.39, 0.29) is 0 Å². The highest BCUT2D eigenvalue weighted by Gasteiger charge is 2.53. The summed E-state index contributed by atoms with van der Waals surface area (Å²) in [6.45, 7) is 12.9. The molecule has 20 aromatic rings. The minimum Gasteiger partial charge on any atom is -0.457 e. The van der Waals surface area contributed by atoms with Crippen molar-refractivity contribution in [3.05, 3.63) is 527 Å². The number of rotatable bonds is 14. The van der Waals surface area contributed by atoms with Crippen LogP contribution in [0.1, 0.15) is 77.9 Å². The monoisotopic (exact) mass is 1760 g/mol. The molecule has 0 spiro atoms. The Bertz CT molecular complexity index is 6860. The smallest absolute Gasteiger partial charge is 0.188 e. The molecule has 0 bridgehead atoms. The largest absolute Gasteiger partial charge is 0.457 e. The molecule has 0 radical (unpaired) electrons. The third-order valence-corrected chi connectivity index (χ3v) is 37.3. The van der Waals surface area contributed by atoms with Crippen molar-refractivity contribution in [2.75, 3.05) is 0 Å². The van der Waals surface area contributed by atoms with E-state index in [4.69, 9.17) is 38.9 Å². The van der Waals surface area contributed by atoms with Crippen LogP contribution in [0, 0.1) is 41.5 Å². The number of aryl methyl sites for hydroxylation is 6. The summed E-state index contributed by atoms with van der Waals surface area (Å²) in [4.78, 5) is 22.2. The van der Waals surface area contributed by atoms with Crippen LogP contribution in [0.2, 0.25) is 0 Å². The fourth-order valence-electron chi connectivity index (χ4n) is 22.5. The Morgan fingerprint density at radius 1 is 0.201 bits per heavy atom. The summed E-state index contributed by atoms with van der Waals surface area (Å²) in [6.07, 6.45) is 0. The molecule has 0 amide bonds. The van der Waals surface area contributed by atoms with Gasteiger partial charge in [-0.2, -0.15) is 0 Å². The molecule has 8 nitrogen and oxygen atoms in total. The van der Waals surface area contributed by atoms with Gasteiger partial charge in [0.2, 0.25) is 0 Å². The summed E-state index contributed by atoms with van der Waals surface area (Å²) in [5.41, 5.74) is 23.0. The molecular formula is C124H92N4O4Si2. The van der Waals surface area contributed by atoms with Crippen molar-refractivity contribution in [3.63, 3.8) is 0 Å². The van der Waals surface area contributed by atoms with Crippen LogP contribution >= 0.6 is 0 Å². The lowest BCUT2D eigenvalue weighted by Gasteiger charge is -2.42. The minimum atomic E-state index is -2.94. The Balaban J connectivity index is 0.000000151. The maximum absolute atomic E-state index is 7.23. The van der Waals surface area contributed by atoms with Gasteiger partial charge in [-0.25, -0.2) is 19.9 Å². The van der Waals surface area contributed by atoms with Crippen LogP contribution in [0.3, 0.4) is 0 Å². The van der Waals surface area contributed by atoms with Crippen molar-refractivity contribution in [2.45, 2.75) is 52.4 Å². The molecule has 0 saturated carbocycles. The molecule has 6 heterocycles. The minimum absolute atomic E-state index is 0.639. The van der Waals surface area contributed by atoms with Gasteiger partial charge in [0.1, 0.15) is 46.0 Å². The van der Waals surface area contributed by atoms with Gasteiger partial charge in [-0.05, 0) is 188 Å². The summed E-state index contributed by atoms with van der Waals surface area (Å²) in [7, 11) is -5.87. The Morgan fingerprint density at radius 3 is 0.739 bits per heavy atom. The first-order valence-corrected chi connectivity index (χ1v) is 50.0. The summed E-state index contributed by atoms with van der Waals surface area (Å²) < 4.78 is 28.8. The van der Waals surface area contributed by atoms with E-state index in [9.17, 15) is 0 Å². The molecule has 0 atom stereocenters. The molecule has 2 aromatic heterocycles. The molecule has 134 heavy (non-hydrogen) atoms. The predicted molar refractivity (Wildman–Crippen MR) is 549 cm³/mol. The standard InChI is InChI=1S/C63H46N2O2.C61H46N2O2Si2/c1-41-38-42(2)58(43(3)39-41)61-64-54(48-30-20-34-52-59(48)66-56-36-18-16-32-50(56)62(52,44-22-8-4-9-23-44)45-24-10-5-11-25-45)40-55(65-61)49-31-21-35-53-60(49)67-57-37-19-17-33-51(57)63(53,46-26-12-6-13-27-46)47-28-14-7-15-29-47;1-41-38-42(2)58(43(3)39-41)61-62-50(48-30-20-36-56-59(48)64-52-32-16-18-34-54(52)66(56,44-22-8-4-9-23-44)45-24-10-5-11-25-45)40-51(63-61)49-31-21-37-57-60(49)65-53-33-17-19-35-55(53)67(57,46-26-12-6-13-27-46)47-28-14-7-15-29-47/h2*4-40H,1-3H3. The van der Waals surface area contributed by atoms with Gasteiger partial charge < -0.3 is 18.9 Å². The van der Waals surface area contributed by atoms with E-state index in [0.717, 1.165) is 169 Å². The zero-order valence-corrected chi connectivity index (χ0v) is 77.1. The van der Waals surface area contributed by atoms with Crippen molar-refractivity contribution in [1.29, 1.82) is 0 Å². The molecule has 4 aliphatic rings. The fourth-order valence-corrected chi connectivity index (χ4v) is 32.4. The molecule has 0 unspecified atom stereocenters. The average molecular weight is 1760 g/mol. The molecule has 0 N–H and O–H groups in total. The van der Waals surface area contributed by atoms with E-state index in [1.54, 1.807) is 0 Å². The second kappa shape index (κ2) is 33.6. The number of nitrogens with zero attached hydrogens (tertiary/aromatic N) is 4. The van der Waals surface area contributed by atoms with Crippen LogP contribution in [0.4, 0.5) is 0 Å². The van der Waals surface area contributed by atoms with Crippen LogP contribution in [0.25, 0.3) is 67.8 Å². The summed E-state index contributed by atoms with van der Waals surface area (Å²) in [5, 5.41) is 10.0. The van der Waals surface area contributed by atoms with Crippen LogP contribution in [0.15, 0.2) is 449 Å². The Kier molecular flexibility index (Phi) is 20.6. The maximum atomic E-state index is 7.23. The van der Waals surface area contributed by atoms with Crippen LogP contribution in [-0.2, 0) is 10.8 Å². The molecule has 0 fully saturated rings. The fraction of sp³-hybridized carbons (Fsp3) is 0.0645. The number of aromatic nitrogens is 4. The van der Waals surface area contributed by atoms with Gasteiger partial charge in [-0.3, -0.25) is 0 Å². The lowest BCUT2D eigenvalue weighted by atomic mass is 9.63. The van der Waals surface area contributed by atoms with Gasteiger partial charge in [-0.1, -0.05) is 399 Å². The Labute approximate surface area is 784 Å². The second-order valence-electron chi connectivity index (χ2n) is 35.5. The van der Waals surface area contributed by atoms with Crippen LogP contribution in [0.5, 0.6) is 46.0 Å². The van der Waals surface area contributed by atoms with Crippen molar-refractivity contribution in [3.8, 4) is 114 Å². The third kappa shape index (κ3) is 13.2. The van der Waals surface area contributed by atoms with Crippen LogP contribution < -0.4 is 60.4 Å². The highest BCUT2D eigenvalue weighted by molar-refractivity contribution is 7.21. The second-order valence-corrected chi connectivity index (χ2v) is 43.0. The highest BCUT2D eigenvalue weighted by Crippen LogP contribution is 2.60. The number of hydrogen-bond acceptors (Lipinski definition) is 8. The van der Waals surface area contributed by atoms with Gasteiger partial charge in [0.15, 0.2) is 27.8 Å². The van der Waals surface area contributed by atoms with Gasteiger partial charge in [0.05, 0.1) is 33.6 Å². The van der Waals surface area contributed by atoms with Crippen molar-refractivity contribution in [1.82, 2.24) is 19.9 Å². The number of fused-ring (bicyclic) bond motifs is 8. The molecule has 4 aliphatic heterocycles. The van der Waals surface area contributed by atoms with Crippen molar-refractivity contribution < 1.29 is 18.9 Å². The zero-order valence-electron chi connectivity index (χ0n) is 75.1. The zero-order chi connectivity index (χ0) is 90.2. The molecule has 18 aromatic carbocycles. The van der Waals surface area contributed by atoms with Gasteiger partial charge >= 0.3 is 0 Å². The van der Waals surface area contributed by atoms with Crippen LogP contribution in [-0.4, -0.2) is 36.1 Å². The number of ether oxygens (including phenoxy) is 4. The Hall–Kier alpha value is -16.2. The summed E-state index contributed by atoms with van der Waals surface area (Å²) >= 11 is 0. The van der Waals surface area contributed by atoms with E-state index in [0.29, 0.717) is 11.6 Å². The topological polar surface area (TPSA) is 88.5 Å². The first kappa shape index (κ1) is 82.2. The molecule has 640 valence electrons. The molecule has 10 heteroatoms. The van der Waals surface area contributed by atoms with E-state index in [1.165, 1.54) is 52.6 Å². The lowest BCUT2D eigenvalue weighted by molar-refractivity contribution is 0.436. The quantitative estimate of drug-likeness (QED) is 0.0995. The first-order chi connectivity index (χ1) is 65.9. The highest BCUT2D eigenvalue weighted by atomic mass is 28.3. The molecule has 0 saturated heterocycles. The molecular weight excluding hydrogens is 1670 g/mol. The van der Waals surface area contributed by atoms with Gasteiger partial charge in [-0.15, -0.1) is 0 Å². The number of hydrogen-bond donors (Lipinski definition) is 0. The van der Waals surface area contributed by atoms with Crippen molar-refractivity contribution in [2.24, 2.45) is 0 Å². The molecule has 24 rings (SSSR count). The third-order valence-electron chi connectivity index (χ3n) is 27.7. The van der Waals surface area contributed by atoms with Crippen molar-refractivity contribution >= 4 is 57.6 Å². The summed E-state index contributed by atoms with van der Waals surface area (Å²) in [6, 6.07) is 161. The maximum Gasteiger partial charge on any atom is 0.188 e. The number of para-hydroxylation sites is 8. The number of benzene rings is 18. The molecule has 0 aliphatic carbocycles. The van der Waals surface area contributed by atoms with E-state index in [1.807, 2.05) is 0 Å².